The number of aromatic hydroxyl groups is 1. The molecule has 1 amide bonds. The Morgan fingerprint density at radius 2 is 2.12 bits per heavy atom. The molecule has 2 aromatic rings. The van der Waals surface area contributed by atoms with Gasteiger partial charge in [-0.3, -0.25) is 9.59 Å². The van der Waals surface area contributed by atoms with Crippen molar-refractivity contribution in [3.8, 4) is 5.75 Å². The molecule has 1 aromatic heterocycles. The van der Waals surface area contributed by atoms with Crippen molar-refractivity contribution in [1.29, 1.82) is 0 Å². The SMILES string of the molecule is C[C@@]1(c2nc(C(=O)NCc3ccc(F)cc3)c(O)c(=O)[nH]2)CCCN1. The van der Waals surface area contributed by atoms with Crippen LogP contribution in [0.4, 0.5) is 4.39 Å². The van der Waals surface area contributed by atoms with Gasteiger partial charge in [0.2, 0.25) is 5.75 Å². The van der Waals surface area contributed by atoms with Crippen LogP contribution in [0.15, 0.2) is 29.1 Å². The van der Waals surface area contributed by atoms with E-state index in [4.69, 9.17) is 0 Å². The molecule has 1 atom stereocenters. The molecule has 0 spiro atoms. The van der Waals surface area contributed by atoms with E-state index >= 15 is 0 Å². The molecule has 0 aliphatic carbocycles. The van der Waals surface area contributed by atoms with E-state index in [0.29, 0.717) is 11.4 Å². The number of H-pyrrole nitrogens is 1. The topological polar surface area (TPSA) is 107 Å². The number of nitrogens with zero attached hydrogens (tertiary/aromatic N) is 1. The monoisotopic (exact) mass is 346 g/mol. The molecule has 7 nitrogen and oxygen atoms in total. The van der Waals surface area contributed by atoms with Gasteiger partial charge in [0.15, 0.2) is 5.69 Å². The van der Waals surface area contributed by atoms with Crippen LogP contribution >= 0.6 is 0 Å². The smallest absolute Gasteiger partial charge is 0.293 e. The molecule has 0 bridgehead atoms. The summed E-state index contributed by atoms with van der Waals surface area (Å²) in [7, 11) is 0. The fraction of sp³-hybridized carbons (Fsp3) is 0.353. The first-order valence-corrected chi connectivity index (χ1v) is 8.00. The van der Waals surface area contributed by atoms with Gasteiger partial charge in [0.05, 0.1) is 5.54 Å². The molecular weight excluding hydrogens is 327 g/mol. The summed E-state index contributed by atoms with van der Waals surface area (Å²) in [4.78, 5) is 31.0. The molecule has 1 aliphatic heterocycles. The third kappa shape index (κ3) is 3.53. The maximum atomic E-state index is 12.9. The average molecular weight is 346 g/mol. The van der Waals surface area contributed by atoms with Crippen molar-refractivity contribution in [1.82, 2.24) is 20.6 Å². The van der Waals surface area contributed by atoms with Crippen molar-refractivity contribution in [2.24, 2.45) is 0 Å². The molecule has 1 saturated heterocycles. The van der Waals surface area contributed by atoms with Crippen LogP contribution in [0, 0.1) is 5.82 Å². The molecule has 25 heavy (non-hydrogen) atoms. The first-order chi connectivity index (χ1) is 11.9. The van der Waals surface area contributed by atoms with Crippen LogP contribution in [0.1, 0.15) is 41.6 Å². The Morgan fingerprint density at radius 1 is 1.40 bits per heavy atom. The van der Waals surface area contributed by atoms with Crippen molar-refractivity contribution in [2.45, 2.75) is 31.8 Å². The Kier molecular flexibility index (Phi) is 4.54. The van der Waals surface area contributed by atoms with E-state index in [0.717, 1.165) is 19.4 Å². The van der Waals surface area contributed by atoms with Crippen LogP contribution in [0.3, 0.4) is 0 Å². The summed E-state index contributed by atoms with van der Waals surface area (Å²) in [5, 5.41) is 15.7. The highest BCUT2D eigenvalue weighted by atomic mass is 19.1. The van der Waals surface area contributed by atoms with E-state index < -0.39 is 22.8 Å². The second-order valence-electron chi connectivity index (χ2n) is 6.28. The van der Waals surface area contributed by atoms with Gasteiger partial charge in [0, 0.05) is 6.54 Å². The fourth-order valence-corrected chi connectivity index (χ4v) is 2.85. The Balaban J connectivity index is 1.82. The largest absolute Gasteiger partial charge is 0.501 e. The van der Waals surface area contributed by atoms with Gasteiger partial charge in [-0.15, -0.1) is 0 Å². The van der Waals surface area contributed by atoms with E-state index in [1.165, 1.54) is 24.3 Å². The summed E-state index contributed by atoms with van der Waals surface area (Å²) in [6.07, 6.45) is 1.69. The van der Waals surface area contributed by atoms with Crippen LogP contribution in [0.5, 0.6) is 5.75 Å². The average Bonchev–Trinajstić information content (AvgIpc) is 3.04. The molecule has 1 fully saturated rings. The Bertz CT molecular complexity index is 842. The summed E-state index contributed by atoms with van der Waals surface area (Å²) in [6, 6.07) is 5.65. The van der Waals surface area contributed by atoms with E-state index in [1.807, 2.05) is 6.92 Å². The summed E-state index contributed by atoms with van der Waals surface area (Å²) in [5.74, 6) is -1.44. The number of amides is 1. The van der Waals surface area contributed by atoms with E-state index in [2.05, 4.69) is 20.6 Å². The molecule has 1 aromatic carbocycles. The van der Waals surface area contributed by atoms with Gasteiger partial charge in [-0.05, 0) is 44.0 Å². The Morgan fingerprint density at radius 3 is 2.76 bits per heavy atom. The van der Waals surface area contributed by atoms with Gasteiger partial charge >= 0.3 is 0 Å². The van der Waals surface area contributed by atoms with Crippen LogP contribution in [0.2, 0.25) is 0 Å². The predicted molar refractivity (Wildman–Crippen MR) is 88.7 cm³/mol. The summed E-state index contributed by atoms with van der Waals surface area (Å²) < 4.78 is 12.9. The lowest BCUT2D eigenvalue weighted by Crippen LogP contribution is -2.38. The fourth-order valence-electron chi connectivity index (χ4n) is 2.85. The summed E-state index contributed by atoms with van der Waals surface area (Å²) in [5.41, 5.74) is -0.940. The standard InChI is InChI=1S/C17H19FN4O3/c1-17(7-2-8-20-17)16-21-12(13(23)15(25)22-16)14(24)19-9-10-3-5-11(18)6-4-10/h3-6,20,23H,2,7-9H2,1H3,(H,19,24)(H,21,22,25)/t17-/m0/s1. The van der Waals surface area contributed by atoms with Crippen LogP contribution in [0.25, 0.3) is 0 Å². The molecule has 0 unspecified atom stereocenters. The van der Waals surface area contributed by atoms with Crippen LogP contribution < -0.4 is 16.2 Å². The number of benzene rings is 1. The molecule has 1 aliphatic rings. The third-order valence-corrected chi connectivity index (χ3v) is 4.37. The highest BCUT2D eigenvalue weighted by molar-refractivity contribution is 5.94. The maximum absolute atomic E-state index is 12.9. The minimum atomic E-state index is -0.758. The zero-order valence-electron chi connectivity index (χ0n) is 13.7. The number of rotatable bonds is 4. The van der Waals surface area contributed by atoms with Gasteiger partial charge in [-0.25, -0.2) is 9.37 Å². The van der Waals surface area contributed by atoms with Gasteiger partial charge in [-0.1, -0.05) is 12.1 Å². The molecular formula is C17H19FN4O3. The lowest BCUT2D eigenvalue weighted by Gasteiger charge is -2.23. The van der Waals surface area contributed by atoms with Gasteiger partial charge in [0.25, 0.3) is 11.5 Å². The van der Waals surface area contributed by atoms with E-state index in [-0.39, 0.29) is 18.1 Å². The normalized spacial score (nSPS) is 19.8. The first-order valence-electron chi connectivity index (χ1n) is 8.00. The summed E-state index contributed by atoms with van der Waals surface area (Å²) in [6.45, 7) is 2.79. The molecule has 2 heterocycles. The highest BCUT2D eigenvalue weighted by Gasteiger charge is 2.34. The number of aromatic nitrogens is 2. The number of nitrogens with one attached hydrogen (secondary N) is 3. The zero-order chi connectivity index (χ0) is 18.0. The van der Waals surface area contributed by atoms with Crippen molar-refractivity contribution < 1.29 is 14.3 Å². The second-order valence-corrected chi connectivity index (χ2v) is 6.28. The van der Waals surface area contributed by atoms with E-state index in [9.17, 15) is 19.1 Å². The lowest BCUT2D eigenvalue weighted by atomic mass is 9.99. The predicted octanol–water partition coefficient (Wildman–Crippen LogP) is 1.14. The Labute approximate surface area is 143 Å². The number of hydrogen-bond acceptors (Lipinski definition) is 5. The number of hydrogen-bond donors (Lipinski definition) is 4. The first kappa shape index (κ1) is 17.1. The molecule has 0 radical (unpaired) electrons. The Hall–Kier alpha value is -2.74. The number of halogens is 1. The third-order valence-electron chi connectivity index (χ3n) is 4.37. The zero-order valence-corrected chi connectivity index (χ0v) is 13.7. The van der Waals surface area contributed by atoms with Crippen molar-refractivity contribution in [2.75, 3.05) is 6.54 Å². The number of carbonyl (C=O) groups excluding carboxylic acids is 1. The van der Waals surface area contributed by atoms with E-state index in [1.54, 1.807) is 0 Å². The van der Waals surface area contributed by atoms with Crippen molar-refractivity contribution >= 4 is 5.91 Å². The van der Waals surface area contributed by atoms with Crippen LogP contribution in [-0.4, -0.2) is 27.5 Å². The maximum Gasteiger partial charge on any atom is 0.293 e. The van der Waals surface area contributed by atoms with Gasteiger partial charge < -0.3 is 20.7 Å². The molecule has 0 saturated carbocycles. The highest BCUT2D eigenvalue weighted by Crippen LogP contribution is 2.27. The summed E-state index contributed by atoms with van der Waals surface area (Å²) >= 11 is 0. The molecule has 3 rings (SSSR count). The number of carbonyl (C=O) groups is 1. The minimum absolute atomic E-state index is 0.123. The molecule has 132 valence electrons. The number of aromatic amines is 1. The second kappa shape index (κ2) is 6.64. The quantitative estimate of drug-likeness (QED) is 0.664. The van der Waals surface area contributed by atoms with Crippen LogP contribution in [-0.2, 0) is 12.1 Å². The van der Waals surface area contributed by atoms with Gasteiger partial charge in [-0.2, -0.15) is 0 Å². The molecule has 8 heteroatoms. The van der Waals surface area contributed by atoms with Crippen molar-refractivity contribution in [3.63, 3.8) is 0 Å². The molecule has 4 N–H and O–H groups in total. The van der Waals surface area contributed by atoms with Gasteiger partial charge in [0.1, 0.15) is 11.6 Å². The van der Waals surface area contributed by atoms with Crippen molar-refractivity contribution in [3.05, 3.63) is 57.5 Å². The lowest BCUT2D eigenvalue weighted by molar-refractivity contribution is 0.0941. The minimum Gasteiger partial charge on any atom is -0.501 e.